The first-order valence-electron chi connectivity index (χ1n) is 5.97. The highest BCUT2D eigenvalue weighted by molar-refractivity contribution is 9.10. The molecule has 1 aliphatic carbocycles. The van der Waals surface area contributed by atoms with E-state index in [0.29, 0.717) is 18.3 Å². The van der Waals surface area contributed by atoms with Gasteiger partial charge in [0.2, 0.25) is 10.0 Å². The van der Waals surface area contributed by atoms with E-state index in [0.717, 1.165) is 22.9 Å². The molecule has 1 fully saturated rings. The van der Waals surface area contributed by atoms with Crippen LogP contribution in [0.15, 0.2) is 22.7 Å². The SMILES string of the molecule is Cc1c(Br)cccc1NS(=O)(=O)CCNC1CC1. The smallest absolute Gasteiger partial charge is 0.233 e. The van der Waals surface area contributed by atoms with E-state index in [-0.39, 0.29) is 5.75 Å². The molecule has 0 heterocycles. The maximum absolute atomic E-state index is 11.9. The molecule has 0 atom stereocenters. The Bertz CT molecular complexity index is 527. The second-order valence-electron chi connectivity index (χ2n) is 4.56. The second-order valence-corrected chi connectivity index (χ2v) is 7.26. The van der Waals surface area contributed by atoms with Crippen molar-refractivity contribution in [2.45, 2.75) is 25.8 Å². The molecule has 2 N–H and O–H groups in total. The molecule has 1 aromatic rings. The lowest BCUT2D eigenvalue weighted by Crippen LogP contribution is -2.28. The predicted octanol–water partition coefficient (Wildman–Crippen LogP) is 2.25. The molecule has 0 aliphatic heterocycles. The van der Waals surface area contributed by atoms with E-state index in [1.54, 1.807) is 6.07 Å². The fourth-order valence-corrected chi connectivity index (χ4v) is 3.03. The van der Waals surface area contributed by atoms with Gasteiger partial charge in [-0.05, 0) is 37.5 Å². The van der Waals surface area contributed by atoms with Crippen LogP contribution in [-0.2, 0) is 10.0 Å². The fourth-order valence-electron chi connectivity index (χ4n) is 1.62. The molecule has 2 rings (SSSR count). The monoisotopic (exact) mass is 332 g/mol. The van der Waals surface area contributed by atoms with Gasteiger partial charge in [0, 0.05) is 17.1 Å². The number of halogens is 1. The van der Waals surface area contributed by atoms with Crippen LogP contribution in [-0.4, -0.2) is 26.8 Å². The van der Waals surface area contributed by atoms with Gasteiger partial charge in [0.1, 0.15) is 0 Å². The van der Waals surface area contributed by atoms with Crippen molar-refractivity contribution in [3.05, 3.63) is 28.2 Å². The van der Waals surface area contributed by atoms with E-state index in [1.165, 1.54) is 0 Å². The molecule has 0 spiro atoms. The average Bonchev–Trinajstić information content (AvgIpc) is 3.08. The molecule has 18 heavy (non-hydrogen) atoms. The van der Waals surface area contributed by atoms with Crippen molar-refractivity contribution in [3.63, 3.8) is 0 Å². The van der Waals surface area contributed by atoms with E-state index in [9.17, 15) is 8.42 Å². The van der Waals surface area contributed by atoms with E-state index in [1.807, 2.05) is 19.1 Å². The Morgan fingerprint density at radius 1 is 1.39 bits per heavy atom. The number of nitrogens with one attached hydrogen (secondary N) is 2. The van der Waals surface area contributed by atoms with Crippen LogP contribution in [0.1, 0.15) is 18.4 Å². The zero-order valence-electron chi connectivity index (χ0n) is 10.2. The molecule has 100 valence electrons. The van der Waals surface area contributed by atoms with Gasteiger partial charge in [0.05, 0.1) is 11.4 Å². The van der Waals surface area contributed by atoms with Crippen LogP contribution >= 0.6 is 15.9 Å². The summed E-state index contributed by atoms with van der Waals surface area (Å²) in [7, 11) is -3.28. The van der Waals surface area contributed by atoms with Gasteiger partial charge in [0.25, 0.3) is 0 Å². The highest BCUT2D eigenvalue weighted by Crippen LogP contribution is 2.24. The lowest BCUT2D eigenvalue weighted by atomic mass is 10.2. The maximum atomic E-state index is 11.9. The zero-order valence-corrected chi connectivity index (χ0v) is 12.6. The largest absolute Gasteiger partial charge is 0.313 e. The van der Waals surface area contributed by atoms with Crippen molar-refractivity contribution >= 4 is 31.6 Å². The Hall–Kier alpha value is -0.590. The molecule has 6 heteroatoms. The minimum Gasteiger partial charge on any atom is -0.313 e. The standard InChI is InChI=1S/C12H17BrN2O2S/c1-9-11(13)3-2-4-12(9)15-18(16,17)8-7-14-10-5-6-10/h2-4,10,14-15H,5-8H2,1H3. The number of sulfonamides is 1. The van der Waals surface area contributed by atoms with Gasteiger partial charge in [-0.1, -0.05) is 22.0 Å². The minimum atomic E-state index is -3.28. The first-order valence-corrected chi connectivity index (χ1v) is 8.41. The number of hydrogen-bond acceptors (Lipinski definition) is 3. The third kappa shape index (κ3) is 3.96. The quantitative estimate of drug-likeness (QED) is 0.840. The number of anilines is 1. The maximum Gasteiger partial charge on any atom is 0.233 e. The van der Waals surface area contributed by atoms with Crippen LogP contribution in [0, 0.1) is 6.92 Å². The summed E-state index contributed by atoms with van der Waals surface area (Å²) in [5.41, 5.74) is 1.53. The van der Waals surface area contributed by atoms with Gasteiger partial charge in [-0.2, -0.15) is 0 Å². The Labute approximate surface area is 116 Å². The summed E-state index contributed by atoms with van der Waals surface area (Å²) in [5.74, 6) is 0.107. The normalized spacial score (nSPS) is 15.7. The third-order valence-corrected chi connectivity index (χ3v) is 5.05. The molecule has 1 aromatic carbocycles. The molecule has 0 amide bonds. The van der Waals surface area contributed by atoms with Crippen molar-refractivity contribution in [3.8, 4) is 0 Å². The number of rotatable bonds is 6. The van der Waals surface area contributed by atoms with Crippen molar-refractivity contribution in [2.75, 3.05) is 17.0 Å². The Morgan fingerprint density at radius 2 is 2.11 bits per heavy atom. The molecular weight excluding hydrogens is 316 g/mol. The Kier molecular flexibility index (Phi) is 4.29. The summed E-state index contributed by atoms with van der Waals surface area (Å²) in [4.78, 5) is 0. The lowest BCUT2D eigenvalue weighted by Gasteiger charge is -2.11. The number of benzene rings is 1. The predicted molar refractivity (Wildman–Crippen MR) is 77.3 cm³/mol. The van der Waals surface area contributed by atoms with Crippen LogP contribution in [0.2, 0.25) is 0 Å². The third-order valence-electron chi connectivity index (χ3n) is 2.91. The molecule has 0 aromatic heterocycles. The van der Waals surface area contributed by atoms with E-state index in [4.69, 9.17) is 0 Å². The molecule has 1 aliphatic rings. The molecule has 0 bridgehead atoms. The van der Waals surface area contributed by atoms with E-state index >= 15 is 0 Å². The summed E-state index contributed by atoms with van der Waals surface area (Å²) in [6.45, 7) is 2.39. The Morgan fingerprint density at radius 3 is 2.78 bits per heavy atom. The lowest BCUT2D eigenvalue weighted by molar-refractivity contribution is 0.595. The van der Waals surface area contributed by atoms with Crippen molar-refractivity contribution in [2.24, 2.45) is 0 Å². The van der Waals surface area contributed by atoms with Crippen LogP contribution in [0.25, 0.3) is 0 Å². The topological polar surface area (TPSA) is 58.2 Å². The highest BCUT2D eigenvalue weighted by Gasteiger charge is 2.21. The minimum absolute atomic E-state index is 0.107. The zero-order chi connectivity index (χ0) is 13.2. The van der Waals surface area contributed by atoms with Gasteiger partial charge < -0.3 is 5.32 Å². The molecule has 0 radical (unpaired) electrons. The van der Waals surface area contributed by atoms with Crippen LogP contribution in [0.5, 0.6) is 0 Å². The fraction of sp³-hybridized carbons (Fsp3) is 0.500. The summed E-state index contributed by atoms with van der Waals surface area (Å²) < 4.78 is 27.3. The average molecular weight is 333 g/mol. The van der Waals surface area contributed by atoms with Gasteiger partial charge in [0.15, 0.2) is 0 Å². The second kappa shape index (κ2) is 5.59. The summed E-state index contributed by atoms with van der Waals surface area (Å²) in [6.07, 6.45) is 2.33. The van der Waals surface area contributed by atoms with Crippen molar-refractivity contribution in [1.82, 2.24) is 5.32 Å². The summed E-state index contributed by atoms with van der Waals surface area (Å²) in [6, 6.07) is 6.01. The molecule has 4 nitrogen and oxygen atoms in total. The van der Waals surface area contributed by atoms with Gasteiger partial charge in [-0.25, -0.2) is 8.42 Å². The van der Waals surface area contributed by atoms with Crippen LogP contribution < -0.4 is 10.0 Å². The molecular formula is C12H17BrN2O2S. The van der Waals surface area contributed by atoms with Gasteiger partial charge >= 0.3 is 0 Å². The molecule has 0 saturated heterocycles. The first-order chi connectivity index (χ1) is 8.48. The van der Waals surface area contributed by atoms with Crippen LogP contribution in [0.3, 0.4) is 0 Å². The highest BCUT2D eigenvalue weighted by atomic mass is 79.9. The van der Waals surface area contributed by atoms with Crippen molar-refractivity contribution in [1.29, 1.82) is 0 Å². The molecule has 1 saturated carbocycles. The van der Waals surface area contributed by atoms with Gasteiger partial charge in [-0.15, -0.1) is 0 Å². The Balaban J connectivity index is 1.95. The summed E-state index contributed by atoms with van der Waals surface area (Å²) >= 11 is 3.39. The summed E-state index contributed by atoms with van der Waals surface area (Å²) in [5, 5.41) is 3.20. The van der Waals surface area contributed by atoms with Crippen molar-refractivity contribution < 1.29 is 8.42 Å². The number of hydrogen-bond donors (Lipinski definition) is 2. The van der Waals surface area contributed by atoms with E-state index < -0.39 is 10.0 Å². The van der Waals surface area contributed by atoms with Gasteiger partial charge in [-0.3, -0.25) is 4.72 Å². The first kappa shape index (κ1) is 13.8. The van der Waals surface area contributed by atoms with Crippen LogP contribution in [0.4, 0.5) is 5.69 Å². The molecule has 0 unspecified atom stereocenters. The van der Waals surface area contributed by atoms with E-state index in [2.05, 4.69) is 26.0 Å².